The van der Waals surface area contributed by atoms with Gasteiger partial charge in [0, 0.05) is 44.0 Å². The number of nitrogens with zero attached hydrogens (tertiary/aromatic N) is 5. The SMILES string of the molecule is CN1CCN(c2ccc(C(=O)Nc3n[nH]c4c3CN(S(=O)(=O)c3cccc(F)c3)C4)c(N=O)c2)CC1. The molecule has 5 rings (SSSR count). The van der Waals surface area contributed by atoms with Crippen molar-refractivity contribution in [1.29, 1.82) is 0 Å². The number of hydrogen-bond donors (Lipinski definition) is 2. The van der Waals surface area contributed by atoms with Crippen molar-refractivity contribution in [1.82, 2.24) is 19.4 Å². The number of hydrogen-bond acceptors (Lipinski definition) is 8. The molecule has 13 heteroatoms. The van der Waals surface area contributed by atoms with Crippen LogP contribution in [-0.2, 0) is 23.1 Å². The number of piperazine rings is 1. The minimum absolute atomic E-state index is 0.00207. The Morgan fingerprint density at radius 2 is 1.89 bits per heavy atom. The molecule has 36 heavy (non-hydrogen) atoms. The van der Waals surface area contributed by atoms with Gasteiger partial charge in [0.25, 0.3) is 5.91 Å². The van der Waals surface area contributed by atoms with Gasteiger partial charge in [0.15, 0.2) is 5.82 Å². The van der Waals surface area contributed by atoms with Crippen LogP contribution in [0.3, 0.4) is 0 Å². The molecule has 188 valence electrons. The summed E-state index contributed by atoms with van der Waals surface area (Å²) in [5, 5.41) is 12.6. The number of carbonyl (C=O) groups is 1. The maximum absolute atomic E-state index is 13.6. The number of fused-ring (bicyclic) bond motifs is 1. The number of halogens is 1. The average Bonchev–Trinajstić information content (AvgIpc) is 3.46. The van der Waals surface area contributed by atoms with Gasteiger partial charge in [-0.2, -0.15) is 9.40 Å². The van der Waals surface area contributed by atoms with E-state index in [0.717, 1.165) is 37.9 Å². The third kappa shape index (κ3) is 4.47. The summed E-state index contributed by atoms with van der Waals surface area (Å²) in [5.41, 5.74) is 1.92. The van der Waals surface area contributed by atoms with E-state index in [-0.39, 0.29) is 35.1 Å². The zero-order valence-electron chi connectivity index (χ0n) is 19.4. The van der Waals surface area contributed by atoms with E-state index in [1.807, 2.05) is 7.05 Å². The fourth-order valence-electron chi connectivity index (χ4n) is 4.38. The number of rotatable bonds is 6. The number of sulfonamides is 1. The summed E-state index contributed by atoms with van der Waals surface area (Å²) in [6.45, 7) is 3.33. The van der Waals surface area contributed by atoms with Gasteiger partial charge in [-0.1, -0.05) is 6.07 Å². The van der Waals surface area contributed by atoms with E-state index in [9.17, 15) is 22.5 Å². The first-order valence-electron chi connectivity index (χ1n) is 11.3. The summed E-state index contributed by atoms with van der Waals surface area (Å²) in [4.78, 5) is 28.7. The van der Waals surface area contributed by atoms with Gasteiger partial charge in [-0.05, 0) is 48.6 Å². The van der Waals surface area contributed by atoms with Gasteiger partial charge in [0.1, 0.15) is 11.5 Å². The van der Waals surface area contributed by atoms with Crippen LogP contribution in [0.15, 0.2) is 52.5 Å². The standard InChI is InChI=1S/C23H24FN7O4S/c1-29-7-9-30(10-8-29)16-5-6-18(20(12-16)28-33)23(32)25-22-19-13-31(14-21(19)26-27-22)36(34,35)17-4-2-3-15(24)11-17/h2-6,11-12H,7-10,13-14H2,1H3,(H2,25,26,27,32). The van der Waals surface area contributed by atoms with E-state index < -0.39 is 21.7 Å². The normalized spacial score (nSPS) is 16.7. The van der Waals surface area contributed by atoms with Crippen molar-refractivity contribution in [3.05, 3.63) is 70.0 Å². The number of carbonyl (C=O) groups excluding carboxylic acids is 1. The van der Waals surface area contributed by atoms with E-state index in [2.05, 4.69) is 30.5 Å². The summed E-state index contributed by atoms with van der Waals surface area (Å²) in [6.07, 6.45) is 0. The number of nitroso groups, excluding NO2 is 1. The number of likely N-dealkylation sites (N-methyl/N-ethyl adjacent to an activating group) is 1. The molecule has 3 aromatic rings. The zero-order valence-corrected chi connectivity index (χ0v) is 20.3. The van der Waals surface area contributed by atoms with Gasteiger partial charge < -0.3 is 15.1 Å². The summed E-state index contributed by atoms with van der Waals surface area (Å²) in [6, 6.07) is 9.70. The molecule has 2 aromatic carbocycles. The molecule has 0 aliphatic carbocycles. The molecule has 0 saturated carbocycles. The molecule has 0 atom stereocenters. The van der Waals surface area contributed by atoms with E-state index in [1.165, 1.54) is 22.5 Å². The predicted molar refractivity (Wildman–Crippen MR) is 131 cm³/mol. The molecule has 1 fully saturated rings. The Morgan fingerprint density at radius 3 is 2.61 bits per heavy atom. The molecule has 2 N–H and O–H groups in total. The number of nitrogens with one attached hydrogen (secondary N) is 2. The van der Waals surface area contributed by atoms with Crippen molar-refractivity contribution < 1.29 is 17.6 Å². The van der Waals surface area contributed by atoms with Gasteiger partial charge in [0.05, 0.1) is 22.7 Å². The Labute approximate surface area is 206 Å². The third-order valence-electron chi connectivity index (χ3n) is 6.48. The highest BCUT2D eigenvalue weighted by Gasteiger charge is 2.34. The molecular weight excluding hydrogens is 489 g/mol. The van der Waals surface area contributed by atoms with Crippen molar-refractivity contribution in [2.24, 2.45) is 5.18 Å². The number of anilines is 2. The second-order valence-corrected chi connectivity index (χ2v) is 10.7. The fourth-order valence-corrected chi connectivity index (χ4v) is 5.79. The fraction of sp³-hybridized carbons (Fsp3) is 0.304. The molecule has 1 saturated heterocycles. The Balaban J connectivity index is 1.32. The van der Waals surface area contributed by atoms with Crippen LogP contribution in [0.25, 0.3) is 0 Å². The van der Waals surface area contributed by atoms with Crippen LogP contribution in [0.5, 0.6) is 0 Å². The third-order valence-corrected chi connectivity index (χ3v) is 8.27. The van der Waals surface area contributed by atoms with Gasteiger partial charge in [0.2, 0.25) is 10.0 Å². The van der Waals surface area contributed by atoms with E-state index in [0.29, 0.717) is 11.3 Å². The molecule has 0 radical (unpaired) electrons. The van der Waals surface area contributed by atoms with Crippen LogP contribution in [0.4, 0.5) is 21.6 Å². The van der Waals surface area contributed by atoms with Crippen LogP contribution >= 0.6 is 0 Å². The average molecular weight is 514 g/mol. The van der Waals surface area contributed by atoms with Crippen LogP contribution < -0.4 is 10.2 Å². The van der Waals surface area contributed by atoms with E-state index >= 15 is 0 Å². The predicted octanol–water partition coefficient (Wildman–Crippen LogP) is 2.66. The number of H-pyrrole nitrogens is 1. The van der Waals surface area contributed by atoms with Crippen molar-refractivity contribution >= 4 is 33.1 Å². The molecule has 2 aliphatic heterocycles. The van der Waals surface area contributed by atoms with Crippen molar-refractivity contribution in [3.8, 4) is 0 Å². The number of amides is 1. The van der Waals surface area contributed by atoms with Gasteiger partial charge in [-0.15, -0.1) is 4.91 Å². The molecule has 0 bridgehead atoms. The van der Waals surface area contributed by atoms with Crippen LogP contribution in [0.2, 0.25) is 0 Å². The molecule has 3 heterocycles. The molecule has 1 aromatic heterocycles. The number of benzene rings is 2. The number of aromatic nitrogens is 2. The van der Waals surface area contributed by atoms with Crippen LogP contribution in [0.1, 0.15) is 21.6 Å². The molecular formula is C23H24FN7O4S. The summed E-state index contributed by atoms with van der Waals surface area (Å²) in [5.74, 6) is -1.08. The number of aromatic amines is 1. The minimum Gasteiger partial charge on any atom is -0.369 e. The van der Waals surface area contributed by atoms with Crippen molar-refractivity contribution in [3.63, 3.8) is 0 Å². The summed E-state index contributed by atoms with van der Waals surface area (Å²) >= 11 is 0. The molecule has 11 nitrogen and oxygen atoms in total. The van der Waals surface area contributed by atoms with Crippen molar-refractivity contribution in [2.45, 2.75) is 18.0 Å². The Kier molecular flexibility index (Phi) is 6.28. The Bertz CT molecular complexity index is 1430. The molecule has 1 amide bonds. The lowest BCUT2D eigenvalue weighted by molar-refractivity contribution is 0.102. The summed E-state index contributed by atoms with van der Waals surface area (Å²) < 4.78 is 40.7. The topological polar surface area (TPSA) is 131 Å². The maximum atomic E-state index is 13.6. The Morgan fingerprint density at radius 1 is 1.11 bits per heavy atom. The highest BCUT2D eigenvalue weighted by Crippen LogP contribution is 2.33. The zero-order chi connectivity index (χ0) is 25.4. The van der Waals surface area contributed by atoms with Crippen LogP contribution in [-0.4, -0.2) is 67.0 Å². The van der Waals surface area contributed by atoms with Crippen LogP contribution in [0, 0.1) is 10.7 Å². The largest absolute Gasteiger partial charge is 0.369 e. The van der Waals surface area contributed by atoms with Gasteiger partial charge in [-0.25, -0.2) is 12.8 Å². The van der Waals surface area contributed by atoms with E-state index in [1.54, 1.807) is 18.2 Å². The first-order chi connectivity index (χ1) is 17.3. The maximum Gasteiger partial charge on any atom is 0.259 e. The minimum atomic E-state index is -3.96. The van der Waals surface area contributed by atoms with E-state index in [4.69, 9.17) is 0 Å². The molecule has 2 aliphatic rings. The monoisotopic (exact) mass is 513 g/mol. The molecule has 0 spiro atoms. The van der Waals surface area contributed by atoms with Gasteiger partial charge in [-0.3, -0.25) is 9.89 Å². The summed E-state index contributed by atoms with van der Waals surface area (Å²) in [7, 11) is -1.91. The van der Waals surface area contributed by atoms with Gasteiger partial charge >= 0.3 is 0 Å². The first-order valence-corrected chi connectivity index (χ1v) is 12.7. The first kappa shape index (κ1) is 24.0. The smallest absolute Gasteiger partial charge is 0.259 e. The highest BCUT2D eigenvalue weighted by atomic mass is 32.2. The van der Waals surface area contributed by atoms with Crippen molar-refractivity contribution in [2.75, 3.05) is 43.4 Å². The lowest BCUT2D eigenvalue weighted by Crippen LogP contribution is -2.44. The quantitative estimate of drug-likeness (QED) is 0.485. The highest BCUT2D eigenvalue weighted by molar-refractivity contribution is 7.89. The Hall–Kier alpha value is -3.68. The second-order valence-electron chi connectivity index (χ2n) is 8.80. The second kappa shape index (κ2) is 9.41. The molecule has 0 unspecified atom stereocenters. The lowest BCUT2D eigenvalue weighted by Gasteiger charge is -2.34. The lowest BCUT2D eigenvalue weighted by atomic mass is 10.1.